The molecule has 18 heavy (non-hydrogen) atoms. The monoisotopic (exact) mass is 240 g/mol. The van der Waals surface area contributed by atoms with Crippen molar-refractivity contribution in [3.63, 3.8) is 0 Å². The number of fused-ring (bicyclic) bond motifs is 1. The molecular formula is C13H12N4O. The Labute approximate surface area is 104 Å². The number of hydrogen-bond donors (Lipinski definition) is 0. The second kappa shape index (κ2) is 4.10. The van der Waals surface area contributed by atoms with Crippen molar-refractivity contribution in [1.82, 2.24) is 20.0 Å². The molecule has 0 aliphatic carbocycles. The van der Waals surface area contributed by atoms with Crippen LogP contribution in [0.3, 0.4) is 0 Å². The lowest BCUT2D eigenvalue weighted by Gasteiger charge is -2.06. The molecule has 0 aliphatic heterocycles. The molecule has 1 aromatic carbocycles. The first-order chi connectivity index (χ1) is 8.78. The number of hydrogen-bond acceptors (Lipinski definition) is 4. The van der Waals surface area contributed by atoms with E-state index in [-0.39, 0.29) is 0 Å². The SMILES string of the molecule is COc1cc(-c2cnn(C)n2)c2ccccc2n1. The highest BCUT2D eigenvalue weighted by molar-refractivity contribution is 5.93. The molecule has 0 aliphatic rings. The van der Waals surface area contributed by atoms with E-state index in [1.54, 1.807) is 20.4 Å². The van der Waals surface area contributed by atoms with Crippen molar-refractivity contribution in [3.8, 4) is 17.1 Å². The van der Waals surface area contributed by atoms with Gasteiger partial charge in [-0.1, -0.05) is 18.2 Å². The average molecular weight is 240 g/mol. The molecule has 0 atom stereocenters. The van der Waals surface area contributed by atoms with Crippen molar-refractivity contribution in [3.05, 3.63) is 36.5 Å². The van der Waals surface area contributed by atoms with Gasteiger partial charge in [-0.15, -0.1) is 0 Å². The van der Waals surface area contributed by atoms with Gasteiger partial charge in [0.2, 0.25) is 5.88 Å². The first kappa shape index (κ1) is 10.7. The molecule has 0 fully saturated rings. The van der Waals surface area contributed by atoms with E-state index < -0.39 is 0 Å². The van der Waals surface area contributed by atoms with Crippen LogP contribution in [0, 0.1) is 0 Å². The van der Waals surface area contributed by atoms with Gasteiger partial charge in [0.15, 0.2) is 0 Å². The number of aryl methyl sites for hydroxylation is 1. The minimum Gasteiger partial charge on any atom is -0.481 e. The summed E-state index contributed by atoms with van der Waals surface area (Å²) in [6.07, 6.45) is 1.74. The highest BCUT2D eigenvalue weighted by Crippen LogP contribution is 2.29. The summed E-state index contributed by atoms with van der Waals surface area (Å²) < 4.78 is 5.23. The van der Waals surface area contributed by atoms with Crippen molar-refractivity contribution in [2.24, 2.45) is 7.05 Å². The fourth-order valence-electron chi connectivity index (χ4n) is 1.94. The molecule has 2 heterocycles. The Hall–Kier alpha value is -2.43. The molecule has 3 aromatic rings. The topological polar surface area (TPSA) is 52.8 Å². The van der Waals surface area contributed by atoms with Crippen LogP contribution in [-0.4, -0.2) is 27.1 Å². The molecule has 0 spiro atoms. The van der Waals surface area contributed by atoms with Crippen molar-refractivity contribution in [2.75, 3.05) is 7.11 Å². The Morgan fingerprint density at radius 3 is 2.78 bits per heavy atom. The van der Waals surface area contributed by atoms with Crippen LogP contribution >= 0.6 is 0 Å². The third-order valence-corrected chi connectivity index (χ3v) is 2.78. The van der Waals surface area contributed by atoms with Crippen LogP contribution < -0.4 is 4.74 Å². The quantitative estimate of drug-likeness (QED) is 0.687. The molecule has 2 aromatic heterocycles. The molecule has 5 heteroatoms. The van der Waals surface area contributed by atoms with E-state index in [4.69, 9.17) is 4.74 Å². The maximum absolute atomic E-state index is 5.23. The zero-order chi connectivity index (χ0) is 12.5. The summed E-state index contributed by atoms with van der Waals surface area (Å²) in [5, 5.41) is 9.47. The second-order valence-corrected chi connectivity index (χ2v) is 3.95. The number of aromatic nitrogens is 4. The zero-order valence-corrected chi connectivity index (χ0v) is 10.2. The van der Waals surface area contributed by atoms with Gasteiger partial charge in [-0.25, -0.2) is 4.98 Å². The molecule has 0 N–H and O–H groups in total. The smallest absolute Gasteiger partial charge is 0.214 e. The van der Waals surface area contributed by atoms with E-state index in [0.717, 1.165) is 22.2 Å². The second-order valence-electron chi connectivity index (χ2n) is 3.95. The summed E-state index contributed by atoms with van der Waals surface area (Å²) in [7, 11) is 3.40. The molecular weight excluding hydrogens is 228 g/mol. The van der Waals surface area contributed by atoms with Crippen LogP contribution in [0.15, 0.2) is 36.5 Å². The number of ether oxygens (including phenoxy) is 1. The van der Waals surface area contributed by atoms with Gasteiger partial charge in [0.05, 0.1) is 18.8 Å². The van der Waals surface area contributed by atoms with Crippen LogP contribution in [0.1, 0.15) is 0 Å². The van der Waals surface area contributed by atoms with E-state index in [2.05, 4.69) is 15.2 Å². The number of benzene rings is 1. The predicted octanol–water partition coefficient (Wildman–Crippen LogP) is 2.04. The largest absolute Gasteiger partial charge is 0.481 e. The third kappa shape index (κ3) is 1.69. The molecule has 0 amide bonds. The maximum Gasteiger partial charge on any atom is 0.214 e. The minimum atomic E-state index is 0.578. The summed E-state index contributed by atoms with van der Waals surface area (Å²) in [6.45, 7) is 0. The minimum absolute atomic E-state index is 0.578. The highest BCUT2D eigenvalue weighted by Gasteiger charge is 2.10. The Morgan fingerprint density at radius 1 is 1.22 bits per heavy atom. The van der Waals surface area contributed by atoms with Gasteiger partial charge in [0.1, 0.15) is 5.69 Å². The first-order valence-corrected chi connectivity index (χ1v) is 5.58. The van der Waals surface area contributed by atoms with Crippen molar-refractivity contribution in [1.29, 1.82) is 0 Å². The molecule has 5 nitrogen and oxygen atoms in total. The summed E-state index contributed by atoms with van der Waals surface area (Å²) in [5.41, 5.74) is 2.68. The standard InChI is InChI=1S/C13H12N4O/c1-17-14-8-12(16-17)10-7-13(18-2)15-11-6-4-3-5-9(10)11/h3-8H,1-2H3. The molecule has 0 bridgehead atoms. The first-order valence-electron chi connectivity index (χ1n) is 5.58. The fourth-order valence-corrected chi connectivity index (χ4v) is 1.94. The molecule has 0 saturated heterocycles. The molecule has 90 valence electrons. The number of nitrogens with zero attached hydrogens (tertiary/aromatic N) is 4. The maximum atomic E-state index is 5.23. The number of rotatable bonds is 2. The normalized spacial score (nSPS) is 10.8. The van der Waals surface area contributed by atoms with E-state index >= 15 is 0 Å². The lowest BCUT2D eigenvalue weighted by molar-refractivity contribution is 0.400. The van der Waals surface area contributed by atoms with E-state index in [1.165, 1.54) is 4.80 Å². The molecule has 3 rings (SSSR count). The van der Waals surface area contributed by atoms with Crippen molar-refractivity contribution < 1.29 is 4.74 Å². The van der Waals surface area contributed by atoms with Gasteiger partial charge in [-0.05, 0) is 6.07 Å². The van der Waals surface area contributed by atoms with Crippen LogP contribution in [0.4, 0.5) is 0 Å². The third-order valence-electron chi connectivity index (χ3n) is 2.78. The lowest BCUT2D eigenvalue weighted by atomic mass is 10.1. The summed E-state index contributed by atoms with van der Waals surface area (Å²) in [6, 6.07) is 9.79. The van der Waals surface area contributed by atoms with Gasteiger partial charge < -0.3 is 4.74 Å². The van der Waals surface area contributed by atoms with E-state index in [0.29, 0.717) is 5.88 Å². The Balaban J connectivity index is 2.32. The highest BCUT2D eigenvalue weighted by atomic mass is 16.5. The lowest BCUT2D eigenvalue weighted by Crippen LogP contribution is -1.93. The van der Waals surface area contributed by atoms with Gasteiger partial charge in [0, 0.05) is 24.1 Å². The Morgan fingerprint density at radius 2 is 2.06 bits per heavy atom. The van der Waals surface area contributed by atoms with Gasteiger partial charge in [-0.3, -0.25) is 0 Å². The summed E-state index contributed by atoms with van der Waals surface area (Å²) in [5.74, 6) is 0.578. The summed E-state index contributed by atoms with van der Waals surface area (Å²) in [4.78, 5) is 5.95. The number of pyridine rings is 1. The van der Waals surface area contributed by atoms with Crippen LogP contribution in [0.2, 0.25) is 0 Å². The summed E-state index contributed by atoms with van der Waals surface area (Å²) >= 11 is 0. The number of para-hydroxylation sites is 1. The zero-order valence-electron chi connectivity index (χ0n) is 10.2. The van der Waals surface area contributed by atoms with Crippen LogP contribution in [-0.2, 0) is 7.05 Å². The Kier molecular flexibility index (Phi) is 2.44. The predicted molar refractivity (Wildman–Crippen MR) is 68.3 cm³/mol. The van der Waals surface area contributed by atoms with E-state index in [9.17, 15) is 0 Å². The molecule has 0 radical (unpaired) electrons. The van der Waals surface area contributed by atoms with Gasteiger partial charge >= 0.3 is 0 Å². The molecule has 0 saturated carbocycles. The van der Waals surface area contributed by atoms with E-state index in [1.807, 2.05) is 30.3 Å². The van der Waals surface area contributed by atoms with Gasteiger partial charge in [-0.2, -0.15) is 15.0 Å². The van der Waals surface area contributed by atoms with Crippen LogP contribution in [0.25, 0.3) is 22.2 Å². The molecule has 0 unspecified atom stereocenters. The van der Waals surface area contributed by atoms with Crippen molar-refractivity contribution in [2.45, 2.75) is 0 Å². The van der Waals surface area contributed by atoms with Gasteiger partial charge in [0.25, 0.3) is 0 Å². The Bertz CT molecular complexity index is 705. The van der Waals surface area contributed by atoms with Crippen molar-refractivity contribution >= 4 is 10.9 Å². The fraction of sp³-hybridized carbons (Fsp3) is 0.154. The number of methoxy groups -OCH3 is 1. The average Bonchev–Trinajstić information content (AvgIpc) is 2.84. The van der Waals surface area contributed by atoms with Crippen LogP contribution in [0.5, 0.6) is 5.88 Å².